The van der Waals surface area contributed by atoms with Gasteiger partial charge in [0.15, 0.2) is 0 Å². The molecule has 1 aliphatic heterocycles. The number of carbonyl (C=O) groups excluding carboxylic acids is 1. The Morgan fingerprint density at radius 3 is 2.81 bits per heavy atom. The van der Waals surface area contributed by atoms with Gasteiger partial charge in [-0.15, -0.1) is 0 Å². The molecule has 9 heteroatoms. The molecule has 1 saturated heterocycles. The van der Waals surface area contributed by atoms with Gasteiger partial charge in [0, 0.05) is 42.9 Å². The van der Waals surface area contributed by atoms with Crippen molar-refractivity contribution in [2.45, 2.75) is 0 Å². The predicted molar refractivity (Wildman–Crippen MR) is 84.3 cm³/mol. The summed E-state index contributed by atoms with van der Waals surface area (Å²) in [6.45, 7) is 1.16. The average molecular weight is 350 g/mol. The summed E-state index contributed by atoms with van der Waals surface area (Å²) in [5.74, 6) is 1.19. The van der Waals surface area contributed by atoms with E-state index in [2.05, 4.69) is 10.3 Å². The number of nitrogens with zero attached hydrogens (tertiary/aromatic N) is 2. The first-order chi connectivity index (χ1) is 9.99. The van der Waals surface area contributed by atoms with Crippen LogP contribution in [0.3, 0.4) is 0 Å². The number of amides is 1. The second-order valence-corrected chi connectivity index (χ2v) is 8.15. The second kappa shape index (κ2) is 7.44. The van der Waals surface area contributed by atoms with Crippen LogP contribution in [0.15, 0.2) is 18.3 Å². The van der Waals surface area contributed by atoms with Crippen LogP contribution >= 0.6 is 23.4 Å². The first-order valence-electron chi connectivity index (χ1n) is 6.44. The van der Waals surface area contributed by atoms with E-state index in [1.807, 2.05) is 0 Å². The molecule has 2 heterocycles. The maximum Gasteiger partial charge on any atom is 0.251 e. The van der Waals surface area contributed by atoms with E-state index in [1.165, 1.54) is 22.6 Å². The minimum Gasteiger partial charge on any atom is -0.351 e. The van der Waals surface area contributed by atoms with Crippen LogP contribution in [0.25, 0.3) is 0 Å². The third-order valence-corrected chi connectivity index (χ3v) is 6.02. The van der Waals surface area contributed by atoms with Gasteiger partial charge in [-0.1, -0.05) is 11.6 Å². The van der Waals surface area contributed by atoms with Crippen LogP contribution in [-0.4, -0.2) is 60.5 Å². The molecule has 0 bridgehead atoms. The van der Waals surface area contributed by atoms with Gasteiger partial charge in [0.1, 0.15) is 5.15 Å². The van der Waals surface area contributed by atoms with Crippen LogP contribution in [0.1, 0.15) is 10.4 Å². The van der Waals surface area contributed by atoms with Gasteiger partial charge in [0.05, 0.1) is 5.75 Å². The normalized spacial score (nSPS) is 16.6. The number of hydrogen-bond acceptors (Lipinski definition) is 5. The number of pyridine rings is 1. The van der Waals surface area contributed by atoms with Crippen molar-refractivity contribution in [2.24, 2.45) is 0 Å². The van der Waals surface area contributed by atoms with E-state index in [0.717, 1.165) is 11.5 Å². The Morgan fingerprint density at radius 2 is 2.14 bits per heavy atom. The molecular weight excluding hydrogens is 334 g/mol. The lowest BCUT2D eigenvalue weighted by molar-refractivity contribution is 0.0956. The molecule has 0 aliphatic carbocycles. The Balaban J connectivity index is 1.84. The van der Waals surface area contributed by atoms with Crippen molar-refractivity contribution in [3.8, 4) is 0 Å². The number of halogens is 1. The summed E-state index contributed by atoms with van der Waals surface area (Å²) in [6, 6.07) is 2.96. The Bertz CT molecular complexity index is 604. The minimum atomic E-state index is -3.30. The molecule has 1 N–H and O–H groups in total. The summed E-state index contributed by atoms with van der Waals surface area (Å²) in [5, 5.41) is 2.81. The molecule has 2 rings (SSSR count). The quantitative estimate of drug-likeness (QED) is 0.797. The maximum atomic E-state index is 12.1. The standard InChI is InChI=1S/C12H16ClN3O3S2/c13-11-9-10(1-2-14-11)12(17)15-3-8-21(18,19)16-4-6-20-7-5-16/h1-2,9H,3-8H2,(H,15,17). The van der Waals surface area contributed by atoms with Gasteiger partial charge < -0.3 is 5.32 Å². The highest BCUT2D eigenvalue weighted by Crippen LogP contribution is 2.13. The molecule has 1 aromatic rings. The average Bonchev–Trinajstić information content (AvgIpc) is 2.48. The SMILES string of the molecule is O=C(NCCS(=O)(=O)N1CCSCC1)c1ccnc(Cl)c1. The Kier molecular flexibility index (Phi) is 5.86. The first-order valence-corrected chi connectivity index (χ1v) is 9.58. The number of aromatic nitrogens is 1. The number of carbonyl (C=O) groups is 1. The Labute approximate surface area is 133 Å². The van der Waals surface area contributed by atoms with E-state index < -0.39 is 10.0 Å². The van der Waals surface area contributed by atoms with Crippen molar-refractivity contribution >= 4 is 39.3 Å². The monoisotopic (exact) mass is 349 g/mol. The van der Waals surface area contributed by atoms with E-state index in [0.29, 0.717) is 18.7 Å². The van der Waals surface area contributed by atoms with Crippen LogP contribution in [0.2, 0.25) is 5.15 Å². The molecule has 0 saturated carbocycles. The van der Waals surface area contributed by atoms with Crippen molar-refractivity contribution < 1.29 is 13.2 Å². The fraction of sp³-hybridized carbons (Fsp3) is 0.500. The van der Waals surface area contributed by atoms with Gasteiger partial charge in [-0.25, -0.2) is 17.7 Å². The molecule has 1 amide bonds. The Hall–Kier alpha value is -0.830. The number of hydrogen-bond donors (Lipinski definition) is 1. The molecule has 6 nitrogen and oxygen atoms in total. The molecule has 0 spiro atoms. The van der Waals surface area contributed by atoms with E-state index in [4.69, 9.17) is 11.6 Å². The zero-order chi connectivity index (χ0) is 15.3. The van der Waals surface area contributed by atoms with Crippen molar-refractivity contribution in [2.75, 3.05) is 36.9 Å². The topological polar surface area (TPSA) is 79.4 Å². The molecular formula is C12H16ClN3O3S2. The third kappa shape index (κ3) is 4.84. The maximum absolute atomic E-state index is 12.1. The first kappa shape index (κ1) is 16.5. The fourth-order valence-electron chi connectivity index (χ4n) is 1.89. The number of nitrogens with one attached hydrogen (secondary N) is 1. The molecule has 0 atom stereocenters. The minimum absolute atomic E-state index is 0.0742. The summed E-state index contributed by atoms with van der Waals surface area (Å²) < 4.78 is 25.7. The summed E-state index contributed by atoms with van der Waals surface area (Å²) in [4.78, 5) is 15.6. The highest BCUT2D eigenvalue weighted by atomic mass is 35.5. The van der Waals surface area contributed by atoms with Gasteiger partial charge >= 0.3 is 0 Å². The molecule has 0 radical (unpaired) electrons. The second-order valence-electron chi connectivity index (χ2n) is 4.45. The lowest BCUT2D eigenvalue weighted by Gasteiger charge is -2.25. The van der Waals surface area contributed by atoms with Gasteiger partial charge in [0.25, 0.3) is 5.91 Å². The lowest BCUT2D eigenvalue weighted by Crippen LogP contribution is -2.41. The van der Waals surface area contributed by atoms with Crippen molar-refractivity contribution in [3.05, 3.63) is 29.0 Å². The fourth-order valence-corrected chi connectivity index (χ4v) is 4.56. The predicted octanol–water partition coefficient (Wildman–Crippen LogP) is 0.843. The third-order valence-electron chi connectivity index (χ3n) is 3.00. The summed E-state index contributed by atoms with van der Waals surface area (Å²) >= 11 is 7.45. The van der Waals surface area contributed by atoms with Crippen LogP contribution in [0.4, 0.5) is 0 Å². The lowest BCUT2D eigenvalue weighted by atomic mass is 10.2. The molecule has 0 unspecified atom stereocenters. The zero-order valence-electron chi connectivity index (χ0n) is 11.3. The van der Waals surface area contributed by atoms with Crippen molar-refractivity contribution in [1.82, 2.24) is 14.6 Å². The largest absolute Gasteiger partial charge is 0.351 e. The van der Waals surface area contributed by atoms with Crippen molar-refractivity contribution in [3.63, 3.8) is 0 Å². The van der Waals surface area contributed by atoms with Gasteiger partial charge in [-0.05, 0) is 12.1 Å². The molecule has 21 heavy (non-hydrogen) atoms. The van der Waals surface area contributed by atoms with E-state index in [1.54, 1.807) is 11.8 Å². The number of rotatable bonds is 5. The van der Waals surface area contributed by atoms with Gasteiger partial charge in [-0.2, -0.15) is 11.8 Å². The van der Waals surface area contributed by atoms with Gasteiger partial charge in [-0.3, -0.25) is 4.79 Å². The zero-order valence-corrected chi connectivity index (χ0v) is 13.7. The van der Waals surface area contributed by atoms with Crippen LogP contribution in [0.5, 0.6) is 0 Å². The van der Waals surface area contributed by atoms with Crippen LogP contribution < -0.4 is 5.32 Å². The van der Waals surface area contributed by atoms with E-state index in [-0.39, 0.29) is 23.4 Å². The molecule has 1 aliphatic rings. The molecule has 1 aromatic heterocycles. The smallest absolute Gasteiger partial charge is 0.251 e. The molecule has 0 aromatic carbocycles. The number of sulfonamides is 1. The highest BCUT2D eigenvalue weighted by Gasteiger charge is 2.23. The molecule has 1 fully saturated rings. The van der Waals surface area contributed by atoms with Gasteiger partial charge in [0.2, 0.25) is 10.0 Å². The van der Waals surface area contributed by atoms with Crippen molar-refractivity contribution in [1.29, 1.82) is 0 Å². The highest BCUT2D eigenvalue weighted by molar-refractivity contribution is 7.99. The van der Waals surface area contributed by atoms with E-state index >= 15 is 0 Å². The van der Waals surface area contributed by atoms with Crippen LogP contribution in [0, 0.1) is 0 Å². The Morgan fingerprint density at radius 1 is 1.43 bits per heavy atom. The summed E-state index contributed by atoms with van der Waals surface area (Å²) in [5.41, 5.74) is 0.363. The van der Waals surface area contributed by atoms with E-state index in [9.17, 15) is 13.2 Å². The summed E-state index contributed by atoms with van der Waals surface area (Å²) in [7, 11) is -3.30. The summed E-state index contributed by atoms with van der Waals surface area (Å²) in [6.07, 6.45) is 1.43. The molecule has 116 valence electrons. The number of thioether (sulfide) groups is 1. The van der Waals surface area contributed by atoms with Crippen LogP contribution in [-0.2, 0) is 10.0 Å².